The van der Waals surface area contributed by atoms with Crippen molar-refractivity contribution in [1.82, 2.24) is 10.3 Å². The second-order valence-corrected chi connectivity index (χ2v) is 5.23. The first kappa shape index (κ1) is 14.6. The van der Waals surface area contributed by atoms with Crippen LogP contribution in [0, 0.1) is 0 Å². The second-order valence-electron chi connectivity index (χ2n) is 5.23. The number of fused-ring (bicyclic) bond motifs is 1. The van der Waals surface area contributed by atoms with Gasteiger partial charge in [-0.25, -0.2) is 0 Å². The molecule has 1 aromatic heterocycles. The number of benzene rings is 1. The lowest BCUT2D eigenvalue weighted by Crippen LogP contribution is -2.53. The smallest absolute Gasteiger partial charge is 0.240 e. The average molecular weight is 273 g/mol. The Morgan fingerprint density at radius 2 is 2.00 bits per heavy atom. The van der Waals surface area contributed by atoms with Crippen molar-refractivity contribution in [2.75, 3.05) is 6.54 Å². The van der Waals surface area contributed by atoms with Gasteiger partial charge in [0.2, 0.25) is 5.91 Å². The lowest BCUT2D eigenvalue weighted by molar-refractivity contribution is -0.126. The van der Waals surface area contributed by atoms with E-state index in [1.165, 1.54) is 10.9 Å². The molecule has 108 valence electrons. The molecule has 0 saturated carbocycles. The Morgan fingerprint density at radius 3 is 2.70 bits per heavy atom. The molecule has 0 radical (unpaired) electrons. The first-order chi connectivity index (χ1) is 9.60. The predicted molar refractivity (Wildman–Crippen MR) is 82.5 cm³/mol. The largest absolute Gasteiger partial charge is 0.361 e. The van der Waals surface area contributed by atoms with Gasteiger partial charge in [0, 0.05) is 23.6 Å². The van der Waals surface area contributed by atoms with Gasteiger partial charge in [0.15, 0.2) is 0 Å². The molecule has 0 aliphatic heterocycles. The number of hydrogen-bond acceptors (Lipinski definition) is 2. The van der Waals surface area contributed by atoms with Gasteiger partial charge in [-0.3, -0.25) is 4.79 Å². The third-order valence-corrected chi connectivity index (χ3v) is 4.07. The number of rotatable bonds is 6. The number of nitrogens with one attached hydrogen (secondary N) is 2. The molecule has 20 heavy (non-hydrogen) atoms. The zero-order valence-electron chi connectivity index (χ0n) is 12.2. The molecule has 0 aliphatic carbocycles. The van der Waals surface area contributed by atoms with Crippen LogP contribution in [-0.4, -0.2) is 23.0 Å². The molecule has 2 aromatic rings. The van der Waals surface area contributed by atoms with Crippen molar-refractivity contribution >= 4 is 16.8 Å². The van der Waals surface area contributed by atoms with E-state index in [0.717, 1.165) is 11.9 Å². The quantitative estimate of drug-likeness (QED) is 0.756. The third kappa shape index (κ3) is 2.85. The predicted octanol–water partition coefficient (Wildman–Crippen LogP) is 2.34. The molecule has 0 saturated heterocycles. The Bertz CT molecular complexity index is 584. The summed E-state index contributed by atoms with van der Waals surface area (Å²) in [6.07, 6.45) is 4.12. The number of aromatic amines is 1. The van der Waals surface area contributed by atoms with Gasteiger partial charge in [-0.1, -0.05) is 32.0 Å². The van der Waals surface area contributed by atoms with Crippen LogP contribution in [0.15, 0.2) is 30.5 Å². The highest BCUT2D eigenvalue weighted by atomic mass is 16.2. The maximum Gasteiger partial charge on any atom is 0.240 e. The lowest BCUT2D eigenvalue weighted by Gasteiger charge is -2.25. The fraction of sp³-hybridized carbons (Fsp3) is 0.438. The Labute approximate surface area is 119 Å². The standard InChI is InChI=1S/C16H23N3O/c1-3-16(17,4-2)15(20)18-10-9-12-11-19-14-8-6-5-7-13(12)14/h5-8,11,19H,3-4,9-10,17H2,1-2H3,(H,18,20). The van der Waals surface area contributed by atoms with Crippen molar-refractivity contribution in [2.24, 2.45) is 5.73 Å². The Morgan fingerprint density at radius 1 is 1.30 bits per heavy atom. The molecule has 2 rings (SSSR count). The van der Waals surface area contributed by atoms with Gasteiger partial charge < -0.3 is 16.0 Å². The molecule has 0 bridgehead atoms. The molecular weight excluding hydrogens is 250 g/mol. The SMILES string of the molecule is CCC(N)(CC)C(=O)NCCc1c[nH]c2ccccc12. The van der Waals surface area contributed by atoms with Crippen molar-refractivity contribution in [3.8, 4) is 0 Å². The maximum atomic E-state index is 12.1. The Balaban J connectivity index is 1.95. The van der Waals surface area contributed by atoms with E-state index in [1.807, 2.05) is 32.2 Å². The van der Waals surface area contributed by atoms with E-state index >= 15 is 0 Å². The number of para-hydroxylation sites is 1. The first-order valence-corrected chi connectivity index (χ1v) is 7.23. The van der Waals surface area contributed by atoms with Crippen LogP contribution in [0.2, 0.25) is 0 Å². The van der Waals surface area contributed by atoms with E-state index in [0.29, 0.717) is 19.4 Å². The second kappa shape index (κ2) is 6.09. The van der Waals surface area contributed by atoms with Crippen molar-refractivity contribution in [3.63, 3.8) is 0 Å². The molecule has 4 nitrogen and oxygen atoms in total. The fourth-order valence-electron chi connectivity index (χ4n) is 2.40. The number of nitrogens with two attached hydrogens (primary N) is 1. The Hall–Kier alpha value is -1.81. The highest BCUT2D eigenvalue weighted by Crippen LogP contribution is 2.18. The van der Waals surface area contributed by atoms with Gasteiger partial charge >= 0.3 is 0 Å². The number of carbonyl (C=O) groups is 1. The zero-order valence-corrected chi connectivity index (χ0v) is 12.2. The van der Waals surface area contributed by atoms with E-state index in [9.17, 15) is 4.79 Å². The molecule has 1 aromatic carbocycles. The lowest BCUT2D eigenvalue weighted by atomic mass is 9.93. The van der Waals surface area contributed by atoms with Crippen LogP contribution in [-0.2, 0) is 11.2 Å². The molecule has 0 fully saturated rings. The van der Waals surface area contributed by atoms with Crippen LogP contribution in [0.3, 0.4) is 0 Å². The topological polar surface area (TPSA) is 70.9 Å². The summed E-state index contributed by atoms with van der Waals surface area (Å²) in [5.74, 6) is -0.0534. The van der Waals surface area contributed by atoms with Gasteiger partial charge in [-0.15, -0.1) is 0 Å². The molecule has 0 aliphatic rings. The summed E-state index contributed by atoms with van der Waals surface area (Å²) in [5, 5.41) is 4.16. The normalized spacial score (nSPS) is 11.8. The summed E-state index contributed by atoms with van der Waals surface area (Å²) in [5.41, 5.74) is 7.68. The van der Waals surface area contributed by atoms with E-state index in [1.54, 1.807) is 0 Å². The third-order valence-electron chi connectivity index (χ3n) is 4.07. The van der Waals surface area contributed by atoms with Crippen LogP contribution in [0.1, 0.15) is 32.3 Å². The maximum absolute atomic E-state index is 12.1. The fourth-order valence-corrected chi connectivity index (χ4v) is 2.40. The molecule has 1 heterocycles. The Kier molecular flexibility index (Phi) is 4.45. The van der Waals surface area contributed by atoms with Crippen LogP contribution < -0.4 is 11.1 Å². The highest BCUT2D eigenvalue weighted by Gasteiger charge is 2.29. The summed E-state index contributed by atoms with van der Waals surface area (Å²) in [7, 11) is 0. The van der Waals surface area contributed by atoms with Crippen LogP contribution in [0.4, 0.5) is 0 Å². The minimum Gasteiger partial charge on any atom is -0.361 e. The van der Waals surface area contributed by atoms with Gasteiger partial charge in [0.1, 0.15) is 0 Å². The first-order valence-electron chi connectivity index (χ1n) is 7.23. The molecule has 4 heteroatoms. The van der Waals surface area contributed by atoms with Crippen molar-refractivity contribution < 1.29 is 4.79 Å². The van der Waals surface area contributed by atoms with E-state index in [-0.39, 0.29) is 5.91 Å². The zero-order chi connectivity index (χ0) is 14.6. The van der Waals surface area contributed by atoms with E-state index in [2.05, 4.69) is 22.4 Å². The van der Waals surface area contributed by atoms with Crippen LogP contribution >= 0.6 is 0 Å². The summed E-state index contributed by atoms with van der Waals surface area (Å²) < 4.78 is 0. The van der Waals surface area contributed by atoms with E-state index < -0.39 is 5.54 Å². The van der Waals surface area contributed by atoms with Gasteiger partial charge in [-0.05, 0) is 30.9 Å². The van der Waals surface area contributed by atoms with Crippen molar-refractivity contribution in [2.45, 2.75) is 38.6 Å². The number of hydrogen-bond donors (Lipinski definition) is 3. The van der Waals surface area contributed by atoms with Gasteiger partial charge in [0.05, 0.1) is 5.54 Å². The highest BCUT2D eigenvalue weighted by molar-refractivity contribution is 5.86. The molecule has 0 unspecified atom stereocenters. The van der Waals surface area contributed by atoms with Gasteiger partial charge in [0.25, 0.3) is 0 Å². The average Bonchev–Trinajstić information content (AvgIpc) is 2.90. The summed E-state index contributed by atoms with van der Waals surface area (Å²) >= 11 is 0. The van der Waals surface area contributed by atoms with Crippen LogP contribution in [0.25, 0.3) is 10.9 Å². The number of carbonyl (C=O) groups excluding carboxylic acids is 1. The molecule has 1 amide bonds. The number of amides is 1. The summed E-state index contributed by atoms with van der Waals surface area (Å²) in [6.45, 7) is 4.51. The molecular formula is C16H23N3O. The monoisotopic (exact) mass is 273 g/mol. The van der Waals surface area contributed by atoms with Crippen LogP contribution in [0.5, 0.6) is 0 Å². The van der Waals surface area contributed by atoms with Gasteiger partial charge in [-0.2, -0.15) is 0 Å². The summed E-state index contributed by atoms with van der Waals surface area (Å²) in [4.78, 5) is 15.3. The number of aromatic nitrogens is 1. The minimum atomic E-state index is -0.736. The molecule has 4 N–H and O–H groups in total. The number of H-pyrrole nitrogens is 1. The van der Waals surface area contributed by atoms with Crippen molar-refractivity contribution in [1.29, 1.82) is 0 Å². The van der Waals surface area contributed by atoms with Crippen molar-refractivity contribution in [3.05, 3.63) is 36.0 Å². The molecule has 0 atom stereocenters. The minimum absolute atomic E-state index is 0.0534. The van der Waals surface area contributed by atoms with E-state index in [4.69, 9.17) is 5.73 Å². The molecule has 0 spiro atoms. The summed E-state index contributed by atoms with van der Waals surface area (Å²) in [6, 6.07) is 8.18.